The third-order valence-electron chi connectivity index (χ3n) is 3.47. The van der Waals surface area contributed by atoms with Gasteiger partial charge in [-0.3, -0.25) is 0 Å². The maximum atomic E-state index is 6.06. The average molecular weight is 239 g/mol. The third kappa shape index (κ3) is 2.33. The zero-order valence-corrected chi connectivity index (χ0v) is 10.5. The first-order valence-corrected chi connectivity index (χ1v) is 6.35. The van der Waals surface area contributed by atoms with Gasteiger partial charge in [0.1, 0.15) is 0 Å². The molecule has 1 fully saturated rings. The van der Waals surface area contributed by atoms with Gasteiger partial charge in [-0.05, 0) is 30.0 Å². The van der Waals surface area contributed by atoms with Crippen LogP contribution in [0.1, 0.15) is 25.3 Å². The van der Waals surface area contributed by atoms with Gasteiger partial charge in [0, 0.05) is 30.3 Å². The minimum atomic E-state index is 0.583. The Morgan fingerprint density at radius 3 is 2.94 bits per heavy atom. The Labute approximate surface area is 102 Å². The van der Waals surface area contributed by atoms with Crippen LogP contribution in [0.25, 0.3) is 0 Å². The molecular weight excluding hydrogens is 220 g/mol. The monoisotopic (exact) mass is 238 g/mol. The van der Waals surface area contributed by atoms with E-state index in [1.807, 2.05) is 18.2 Å². The normalized spacial score (nSPS) is 20.4. The average Bonchev–Trinajstić information content (AvgIpc) is 2.77. The quantitative estimate of drug-likeness (QED) is 0.877. The first-order valence-electron chi connectivity index (χ1n) is 5.98. The molecule has 1 aromatic carbocycles. The van der Waals surface area contributed by atoms with Gasteiger partial charge in [0.25, 0.3) is 0 Å². The number of halogens is 1. The van der Waals surface area contributed by atoms with Gasteiger partial charge < -0.3 is 10.6 Å². The van der Waals surface area contributed by atoms with Crippen LogP contribution in [0.4, 0.5) is 5.69 Å². The number of hydrogen-bond acceptors (Lipinski definition) is 2. The first-order chi connectivity index (χ1) is 7.74. The molecule has 88 valence electrons. The molecule has 0 aromatic heterocycles. The van der Waals surface area contributed by atoms with Gasteiger partial charge in [0.15, 0.2) is 0 Å². The predicted molar refractivity (Wildman–Crippen MR) is 70.0 cm³/mol. The van der Waals surface area contributed by atoms with E-state index in [0.717, 1.165) is 24.0 Å². The van der Waals surface area contributed by atoms with E-state index in [4.69, 9.17) is 17.3 Å². The second-order valence-electron chi connectivity index (χ2n) is 4.49. The van der Waals surface area contributed by atoms with Crippen molar-refractivity contribution in [3.05, 3.63) is 28.8 Å². The maximum absolute atomic E-state index is 6.06. The molecule has 0 aliphatic carbocycles. The second-order valence-corrected chi connectivity index (χ2v) is 4.92. The molecule has 0 amide bonds. The number of nitrogens with zero attached hydrogens (tertiary/aromatic N) is 1. The summed E-state index contributed by atoms with van der Waals surface area (Å²) < 4.78 is 0. The lowest BCUT2D eigenvalue weighted by Crippen LogP contribution is -2.21. The molecule has 1 aliphatic rings. The highest BCUT2D eigenvalue weighted by Crippen LogP contribution is 2.30. The highest BCUT2D eigenvalue weighted by atomic mass is 35.5. The Hall–Kier alpha value is -0.730. The van der Waals surface area contributed by atoms with Crippen molar-refractivity contribution in [2.24, 2.45) is 11.7 Å². The fourth-order valence-corrected chi connectivity index (χ4v) is 2.56. The number of anilines is 1. The maximum Gasteiger partial charge on any atom is 0.0426 e. The molecule has 1 heterocycles. The van der Waals surface area contributed by atoms with Gasteiger partial charge in [0.2, 0.25) is 0 Å². The fourth-order valence-electron chi connectivity index (χ4n) is 2.39. The number of nitrogens with two attached hydrogens (primary N) is 1. The molecule has 0 bridgehead atoms. The van der Waals surface area contributed by atoms with Crippen LogP contribution in [-0.4, -0.2) is 13.1 Å². The van der Waals surface area contributed by atoms with Gasteiger partial charge in [-0.1, -0.05) is 31.0 Å². The Bertz CT molecular complexity index is 365. The lowest BCUT2D eigenvalue weighted by atomic mass is 10.1. The number of benzene rings is 1. The molecule has 3 heteroatoms. The Morgan fingerprint density at radius 2 is 2.31 bits per heavy atom. The molecule has 2 rings (SSSR count). The summed E-state index contributed by atoms with van der Waals surface area (Å²) in [5.74, 6) is 0.824. The van der Waals surface area contributed by atoms with E-state index in [2.05, 4.69) is 11.8 Å². The SMILES string of the molecule is CCC1CCN(c2cc(Cl)ccc2CN)C1. The molecule has 2 N–H and O–H groups in total. The van der Waals surface area contributed by atoms with Crippen LogP contribution < -0.4 is 10.6 Å². The largest absolute Gasteiger partial charge is 0.371 e. The third-order valence-corrected chi connectivity index (χ3v) is 3.71. The van der Waals surface area contributed by atoms with Crippen molar-refractivity contribution in [1.29, 1.82) is 0 Å². The van der Waals surface area contributed by atoms with E-state index in [-0.39, 0.29) is 0 Å². The summed E-state index contributed by atoms with van der Waals surface area (Å²) in [5, 5.41) is 0.798. The molecular formula is C13H19ClN2. The lowest BCUT2D eigenvalue weighted by molar-refractivity contribution is 0.569. The minimum Gasteiger partial charge on any atom is -0.371 e. The van der Waals surface area contributed by atoms with Crippen molar-refractivity contribution in [3.8, 4) is 0 Å². The van der Waals surface area contributed by atoms with Gasteiger partial charge in [-0.25, -0.2) is 0 Å². The van der Waals surface area contributed by atoms with Crippen molar-refractivity contribution < 1.29 is 0 Å². The molecule has 1 atom stereocenters. The number of hydrogen-bond donors (Lipinski definition) is 1. The van der Waals surface area contributed by atoms with Crippen molar-refractivity contribution in [2.75, 3.05) is 18.0 Å². The molecule has 1 saturated heterocycles. The molecule has 1 unspecified atom stereocenters. The predicted octanol–water partition coefficient (Wildman–Crippen LogP) is 3.04. The molecule has 0 saturated carbocycles. The Morgan fingerprint density at radius 1 is 1.50 bits per heavy atom. The van der Waals surface area contributed by atoms with Crippen molar-refractivity contribution in [3.63, 3.8) is 0 Å². The summed E-state index contributed by atoms with van der Waals surface area (Å²) in [5.41, 5.74) is 8.19. The van der Waals surface area contributed by atoms with Crippen molar-refractivity contribution in [1.82, 2.24) is 0 Å². The summed E-state index contributed by atoms with van der Waals surface area (Å²) in [6.45, 7) is 5.12. The Kier molecular flexibility index (Phi) is 3.72. The summed E-state index contributed by atoms with van der Waals surface area (Å²) in [6.07, 6.45) is 2.54. The minimum absolute atomic E-state index is 0.583. The smallest absolute Gasteiger partial charge is 0.0426 e. The van der Waals surface area contributed by atoms with Crippen LogP contribution in [-0.2, 0) is 6.54 Å². The molecule has 0 spiro atoms. The summed E-state index contributed by atoms with van der Waals surface area (Å²) in [4.78, 5) is 2.42. The van der Waals surface area contributed by atoms with E-state index >= 15 is 0 Å². The van der Waals surface area contributed by atoms with Crippen LogP contribution >= 0.6 is 11.6 Å². The van der Waals surface area contributed by atoms with Gasteiger partial charge in [-0.15, -0.1) is 0 Å². The highest BCUT2D eigenvalue weighted by Gasteiger charge is 2.22. The van der Waals surface area contributed by atoms with Crippen molar-refractivity contribution in [2.45, 2.75) is 26.3 Å². The van der Waals surface area contributed by atoms with Crippen LogP contribution in [0.3, 0.4) is 0 Å². The summed E-state index contributed by atoms with van der Waals surface area (Å²) >= 11 is 6.06. The van der Waals surface area contributed by atoms with Gasteiger partial charge >= 0.3 is 0 Å². The Balaban J connectivity index is 2.22. The van der Waals surface area contributed by atoms with Crippen LogP contribution in [0, 0.1) is 5.92 Å². The molecule has 1 aromatic rings. The van der Waals surface area contributed by atoms with E-state index in [1.165, 1.54) is 24.1 Å². The standard InChI is InChI=1S/C13H19ClN2/c1-2-10-5-6-16(9-10)13-7-12(14)4-3-11(13)8-15/h3-4,7,10H,2,5-6,8-9,15H2,1H3. The molecule has 0 radical (unpaired) electrons. The number of rotatable bonds is 3. The lowest BCUT2D eigenvalue weighted by Gasteiger charge is -2.22. The van der Waals surface area contributed by atoms with Crippen LogP contribution in [0.2, 0.25) is 5.02 Å². The van der Waals surface area contributed by atoms with Crippen LogP contribution in [0.5, 0.6) is 0 Å². The van der Waals surface area contributed by atoms with Crippen LogP contribution in [0.15, 0.2) is 18.2 Å². The first kappa shape index (κ1) is 11.7. The highest BCUT2D eigenvalue weighted by molar-refractivity contribution is 6.30. The zero-order chi connectivity index (χ0) is 11.5. The zero-order valence-electron chi connectivity index (χ0n) is 9.75. The molecule has 16 heavy (non-hydrogen) atoms. The fraction of sp³-hybridized carbons (Fsp3) is 0.538. The topological polar surface area (TPSA) is 29.3 Å². The molecule has 2 nitrogen and oxygen atoms in total. The van der Waals surface area contributed by atoms with Gasteiger partial charge in [-0.2, -0.15) is 0 Å². The molecule has 1 aliphatic heterocycles. The van der Waals surface area contributed by atoms with E-state index in [1.54, 1.807) is 0 Å². The van der Waals surface area contributed by atoms with E-state index in [9.17, 15) is 0 Å². The van der Waals surface area contributed by atoms with E-state index < -0.39 is 0 Å². The van der Waals surface area contributed by atoms with E-state index in [0.29, 0.717) is 6.54 Å². The summed E-state index contributed by atoms with van der Waals surface area (Å²) in [6, 6.07) is 6.00. The van der Waals surface area contributed by atoms with Crippen molar-refractivity contribution >= 4 is 17.3 Å². The summed E-state index contributed by atoms with van der Waals surface area (Å²) in [7, 11) is 0. The second kappa shape index (κ2) is 5.07. The van der Waals surface area contributed by atoms with Gasteiger partial charge in [0.05, 0.1) is 0 Å².